The number of hydrogen-bond acceptors (Lipinski definition) is 8. The van der Waals surface area contributed by atoms with Crippen LogP contribution < -0.4 is 15.2 Å². The highest BCUT2D eigenvalue weighted by Gasteiger charge is 2.21. The molecule has 0 radical (unpaired) electrons. The highest BCUT2D eigenvalue weighted by Crippen LogP contribution is 2.33. The Morgan fingerprint density at radius 1 is 0.857 bits per heavy atom. The monoisotopic (exact) mass is 577 g/mol. The Bertz CT molecular complexity index is 1240. The van der Waals surface area contributed by atoms with Crippen LogP contribution in [-0.2, 0) is 4.74 Å². The number of benzene rings is 3. The lowest BCUT2D eigenvalue weighted by Crippen LogP contribution is -2.37. The molecule has 8 nitrogen and oxygen atoms in total. The highest BCUT2D eigenvalue weighted by molar-refractivity contribution is 14.1. The Morgan fingerprint density at radius 2 is 1.54 bits per heavy atom. The first-order valence-electron chi connectivity index (χ1n) is 11.3. The van der Waals surface area contributed by atoms with Crippen molar-refractivity contribution in [3.63, 3.8) is 0 Å². The number of nitrogens with one attached hydrogen (secondary N) is 1. The van der Waals surface area contributed by atoms with Crippen LogP contribution in [0.25, 0.3) is 0 Å². The lowest BCUT2D eigenvalue weighted by Gasteiger charge is -2.28. The van der Waals surface area contributed by atoms with Gasteiger partial charge in [0.25, 0.3) is 0 Å². The normalized spacial score (nSPS) is 13.7. The van der Waals surface area contributed by atoms with Gasteiger partial charge in [-0.25, -0.2) is 5.43 Å². The third kappa shape index (κ3) is 5.92. The molecular weight excluding hydrogens is 553 g/mol. The number of nitrogens with zero attached hydrogens (tertiary/aromatic N) is 6. The fourth-order valence-corrected chi connectivity index (χ4v) is 4.26. The van der Waals surface area contributed by atoms with Crippen molar-refractivity contribution in [2.75, 3.05) is 41.5 Å². The second-order valence-electron chi connectivity index (χ2n) is 7.79. The molecule has 1 N–H and O–H groups in total. The van der Waals surface area contributed by atoms with E-state index < -0.39 is 0 Å². The fourth-order valence-electron chi connectivity index (χ4n) is 3.69. The van der Waals surface area contributed by atoms with Crippen molar-refractivity contribution in [2.45, 2.75) is 0 Å². The number of halogens is 1. The molecule has 0 aliphatic carbocycles. The molecule has 0 spiro atoms. The molecule has 1 aromatic heterocycles. The molecule has 1 aliphatic heterocycles. The number of hydrogen-bond donors (Lipinski definition) is 1. The van der Waals surface area contributed by atoms with E-state index in [1.807, 2.05) is 83.8 Å². The molecule has 3 aromatic carbocycles. The number of rotatable bonds is 7. The van der Waals surface area contributed by atoms with Crippen LogP contribution in [0.1, 0.15) is 5.56 Å². The van der Waals surface area contributed by atoms with Crippen molar-refractivity contribution in [3.05, 3.63) is 94.1 Å². The summed E-state index contributed by atoms with van der Waals surface area (Å²) in [6, 6.07) is 28.2. The summed E-state index contributed by atoms with van der Waals surface area (Å²) in [6.45, 7) is 2.70. The smallest absolute Gasteiger partial charge is 0.250 e. The number of hydrazone groups is 1. The molecular formula is C26H24IN7O. The first kappa shape index (κ1) is 23.2. The maximum absolute atomic E-state index is 5.53. The summed E-state index contributed by atoms with van der Waals surface area (Å²) in [5.74, 6) is 1.46. The van der Waals surface area contributed by atoms with Crippen molar-refractivity contribution < 1.29 is 4.74 Å². The van der Waals surface area contributed by atoms with E-state index in [0.717, 1.165) is 20.5 Å². The molecule has 176 valence electrons. The van der Waals surface area contributed by atoms with Gasteiger partial charge >= 0.3 is 0 Å². The summed E-state index contributed by atoms with van der Waals surface area (Å²) in [4.78, 5) is 18.4. The summed E-state index contributed by atoms with van der Waals surface area (Å²) in [5, 5.41) is 4.39. The topological polar surface area (TPSA) is 78.8 Å². The van der Waals surface area contributed by atoms with Crippen LogP contribution >= 0.6 is 22.6 Å². The van der Waals surface area contributed by atoms with Crippen molar-refractivity contribution in [1.29, 1.82) is 0 Å². The third-order valence-corrected chi connectivity index (χ3v) is 6.03. The average molecular weight is 577 g/mol. The van der Waals surface area contributed by atoms with E-state index in [-0.39, 0.29) is 0 Å². The van der Waals surface area contributed by atoms with Gasteiger partial charge < -0.3 is 9.64 Å². The van der Waals surface area contributed by atoms with Gasteiger partial charge in [0.15, 0.2) is 0 Å². The largest absolute Gasteiger partial charge is 0.378 e. The molecule has 9 heteroatoms. The first-order chi connectivity index (χ1) is 17.3. The molecule has 0 unspecified atom stereocenters. The van der Waals surface area contributed by atoms with E-state index in [9.17, 15) is 0 Å². The Labute approximate surface area is 217 Å². The van der Waals surface area contributed by atoms with Crippen molar-refractivity contribution in [3.8, 4) is 0 Å². The van der Waals surface area contributed by atoms with Crippen LogP contribution in [0, 0.1) is 3.57 Å². The molecule has 1 fully saturated rings. The predicted octanol–water partition coefficient (Wildman–Crippen LogP) is 5.23. The molecule has 0 amide bonds. The van der Waals surface area contributed by atoms with Gasteiger partial charge in [-0.1, -0.05) is 48.5 Å². The zero-order chi connectivity index (χ0) is 23.9. The molecule has 1 aliphatic rings. The molecule has 4 aromatic rings. The molecule has 0 bridgehead atoms. The zero-order valence-corrected chi connectivity index (χ0v) is 21.1. The maximum Gasteiger partial charge on any atom is 0.250 e. The quantitative estimate of drug-likeness (QED) is 0.183. The number of ether oxygens (including phenoxy) is 1. The minimum Gasteiger partial charge on any atom is -0.378 e. The third-order valence-electron chi connectivity index (χ3n) is 5.36. The van der Waals surface area contributed by atoms with Gasteiger partial charge in [0.2, 0.25) is 17.8 Å². The lowest BCUT2D eigenvalue weighted by molar-refractivity contribution is 0.122. The van der Waals surface area contributed by atoms with E-state index in [1.165, 1.54) is 0 Å². The number of para-hydroxylation sites is 2. The van der Waals surface area contributed by atoms with Crippen LogP contribution in [0.15, 0.2) is 90.0 Å². The van der Waals surface area contributed by atoms with Gasteiger partial charge in [0.05, 0.1) is 19.4 Å². The van der Waals surface area contributed by atoms with E-state index in [4.69, 9.17) is 14.7 Å². The molecule has 0 saturated carbocycles. The van der Waals surface area contributed by atoms with Crippen molar-refractivity contribution >= 4 is 58.0 Å². The molecule has 35 heavy (non-hydrogen) atoms. The zero-order valence-electron chi connectivity index (χ0n) is 19.0. The van der Waals surface area contributed by atoms with Crippen LogP contribution in [0.2, 0.25) is 0 Å². The lowest BCUT2D eigenvalue weighted by atomic mass is 10.2. The summed E-state index contributed by atoms with van der Waals surface area (Å²) in [6.07, 6.45) is 1.76. The first-order valence-corrected chi connectivity index (χ1v) is 12.4. The van der Waals surface area contributed by atoms with E-state index in [0.29, 0.717) is 44.1 Å². The van der Waals surface area contributed by atoms with Crippen LogP contribution in [0.3, 0.4) is 0 Å². The molecule has 0 atom stereocenters. The highest BCUT2D eigenvalue weighted by atomic mass is 127. The minimum atomic E-state index is 0.371. The van der Waals surface area contributed by atoms with Crippen molar-refractivity contribution in [2.24, 2.45) is 5.10 Å². The van der Waals surface area contributed by atoms with Gasteiger partial charge in [0, 0.05) is 28.0 Å². The van der Waals surface area contributed by atoms with Crippen molar-refractivity contribution in [1.82, 2.24) is 15.0 Å². The average Bonchev–Trinajstić information content (AvgIpc) is 2.91. The summed E-state index contributed by atoms with van der Waals surface area (Å²) >= 11 is 2.28. The molecule has 1 saturated heterocycles. The fraction of sp³-hybridized carbons (Fsp3) is 0.154. The van der Waals surface area contributed by atoms with Crippen LogP contribution in [-0.4, -0.2) is 47.5 Å². The Kier molecular flexibility index (Phi) is 7.44. The molecule has 2 heterocycles. The number of aromatic nitrogens is 3. The summed E-state index contributed by atoms with van der Waals surface area (Å²) < 4.78 is 6.67. The second kappa shape index (κ2) is 11.2. The van der Waals surface area contributed by atoms with Crippen LogP contribution in [0.4, 0.5) is 29.2 Å². The van der Waals surface area contributed by atoms with Gasteiger partial charge in [-0.2, -0.15) is 20.1 Å². The second-order valence-corrected chi connectivity index (χ2v) is 9.04. The maximum atomic E-state index is 5.53. The number of morpholine rings is 1. The van der Waals surface area contributed by atoms with Gasteiger partial charge in [-0.3, -0.25) is 4.90 Å². The predicted molar refractivity (Wildman–Crippen MR) is 148 cm³/mol. The Morgan fingerprint density at radius 3 is 2.20 bits per heavy atom. The Balaban J connectivity index is 1.54. The summed E-state index contributed by atoms with van der Waals surface area (Å²) in [7, 11) is 0. The van der Waals surface area contributed by atoms with E-state index >= 15 is 0 Å². The van der Waals surface area contributed by atoms with Gasteiger partial charge in [0.1, 0.15) is 0 Å². The van der Waals surface area contributed by atoms with Crippen LogP contribution in [0.5, 0.6) is 0 Å². The van der Waals surface area contributed by atoms with E-state index in [1.54, 1.807) is 6.21 Å². The van der Waals surface area contributed by atoms with E-state index in [2.05, 4.69) is 49.1 Å². The van der Waals surface area contributed by atoms with Gasteiger partial charge in [-0.05, 0) is 64.6 Å². The standard InChI is InChI=1S/C26H24IN7O/c27-21-9-7-8-20(18-21)19-28-32-24-29-25(33-14-16-35-17-15-33)31-26(30-24)34(22-10-3-1-4-11-22)23-12-5-2-6-13-23/h1-13,18-19H,14-17H2,(H,29,30,31,32)/b28-19+. The SMILES string of the molecule is Ic1cccc(/C=N/Nc2nc(N3CCOCC3)nc(N(c3ccccc3)c3ccccc3)n2)c1. The van der Waals surface area contributed by atoms with Gasteiger partial charge in [-0.15, -0.1) is 0 Å². The minimum absolute atomic E-state index is 0.371. The number of anilines is 5. The Hall–Kier alpha value is -3.57. The summed E-state index contributed by atoms with van der Waals surface area (Å²) in [5.41, 5.74) is 5.90. The molecule has 5 rings (SSSR count).